The van der Waals surface area contributed by atoms with Crippen LogP contribution in [0.4, 0.5) is 154 Å². The molecule has 0 unspecified atom stereocenters. The molecule has 2 nitrogen and oxygen atoms in total. The predicted octanol–water partition coefficient (Wildman–Crippen LogP) is 11.4. The van der Waals surface area contributed by atoms with Gasteiger partial charge in [-0.05, 0) is 0 Å². The molecule has 0 aromatic rings. The van der Waals surface area contributed by atoms with E-state index in [2.05, 4.69) is 4.74 Å². The van der Waals surface area contributed by atoms with E-state index in [9.17, 15) is 158 Å². The highest BCUT2D eigenvalue weighted by Crippen LogP contribution is 2.70. The van der Waals surface area contributed by atoms with E-state index in [0.717, 1.165) is 0 Å². The summed E-state index contributed by atoms with van der Waals surface area (Å²) in [5.41, 5.74) is 0. The van der Waals surface area contributed by atoms with Gasteiger partial charge < -0.3 is 4.74 Å². The van der Waals surface area contributed by atoms with Crippen LogP contribution in [0.5, 0.6) is 0 Å². The zero-order valence-electron chi connectivity index (χ0n) is 24.3. The summed E-state index contributed by atoms with van der Waals surface area (Å²) < 4.78 is 475. The molecule has 0 amide bonds. The number of ether oxygens (including phenoxy) is 1. The highest BCUT2D eigenvalue weighted by Gasteiger charge is 3.02. The SMILES string of the molecule is C=COC(=O)C(F)(F)C(F)(F)C(F)(F)C(F)(F)C(F)(F)C(F)(F)C(F)(F)C(F)(F)C(F)(F)C(F)(F)C(F)(F)C(F)(F)C(F)(F)C(F)(F)C(F)(F)C(F)(F)C(F)(F)F. The van der Waals surface area contributed by atoms with Crippen molar-refractivity contribution < 1.29 is 163 Å². The van der Waals surface area contributed by atoms with Crippen molar-refractivity contribution in [3.8, 4) is 0 Å². The van der Waals surface area contributed by atoms with Gasteiger partial charge in [0.15, 0.2) is 0 Å². The van der Waals surface area contributed by atoms with E-state index >= 15 is 0 Å². The van der Waals surface area contributed by atoms with Gasteiger partial charge in [-0.25, -0.2) is 4.79 Å². The van der Waals surface area contributed by atoms with Crippen molar-refractivity contribution in [2.24, 2.45) is 0 Å². The van der Waals surface area contributed by atoms with Crippen LogP contribution in [0.1, 0.15) is 0 Å². The van der Waals surface area contributed by atoms with Crippen LogP contribution in [0.2, 0.25) is 0 Å². The van der Waals surface area contributed by atoms with E-state index in [0.29, 0.717) is 0 Å². The summed E-state index contributed by atoms with van der Waals surface area (Å²) in [6, 6.07) is 0. The molecule has 0 saturated heterocycles. The van der Waals surface area contributed by atoms with E-state index in [1.165, 1.54) is 0 Å². The Bertz CT molecular complexity index is 1510. The topological polar surface area (TPSA) is 26.3 Å². The fourth-order valence-corrected chi connectivity index (χ4v) is 3.22. The lowest BCUT2D eigenvalue weighted by molar-refractivity contribution is -0.492. The first-order valence-electron chi connectivity index (χ1n) is 11.9. The van der Waals surface area contributed by atoms with Gasteiger partial charge >= 0.3 is 107 Å². The third-order valence-corrected chi connectivity index (χ3v) is 6.72. The van der Waals surface area contributed by atoms with Gasteiger partial charge in [-0.3, -0.25) is 0 Å². The van der Waals surface area contributed by atoms with Gasteiger partial charge in [0.1, 0.15) is 0 Å². The molecule has 0 heterocycles. The number of hydrogen-bond acceptors (Lipinski definition) is 2. The number of halogens is 35. The average molecular weight is 940 g/mol. The molecule has 0 saturated carbocycles. The molecule has 0 N–H and O–H groups in total. The number of alkyl halides is 35. The quantitative estimate of drug-likeness (QED) is 0.0825. The molecule has 0 aromatic heterocycles. The Morgan fingerprint density at radius 2 is 0.421 bits per heavy atom. The molecule has 0 atom stereocenters. The lowest BCUT2D eigenvalue weighted by atomic mass is 9.82. The van der Waals surface area contributed by atoms with Crippen LogP contribution in [0.25, 0.3) is 0 Å². The van der Waals surface area contributed by atoms with Crippen LogP contribution < -0.4 is 0 Å². The van der Waals surface area contributed by atoms with Crippen molar-refractivity contribution in [3.63, 3.8) is 0 Å². The van der Waals surface area contributed by atoms with Crippen molar-refractivity contribution in [2.75, 3.05) is 0 Å². The maximum atomic E-state index is 13.9. The third kappa shape index (κ3) is 6.06. The Kier molecular flexibility index (Phi) is 12.4. The summed E-state index contributed by atoms with van der Waals surface area (Å²) in [5.74, 6) is -161. The predicted molar refractivity (Wildman–Crippen MR) is 101 cm³/mol. The maximum Gasteiger partial charge on any atom is 0.460 e. The minimum Gasteiger partial charge on any atom is -0.431 e. The van der Waals surface area contributed by atoms with Crippen molar-refractivity contribution in [1.29, 1.82) is 0 Å². The molecule has 340 valence electrons. The largest absolute Gasteiger partial charge is 0.460 e. The van der Waals surface area contributed by atoms with Crippen molar-refractivity contribution in [2.45, 2.75) is 101 Å². The Labute approximate surface area is 284 Å². The zero-order chi connectivity index (χ0) is 47.5. The monoisotopic (exact) mass is 940 g/mol. The van der Waals surface area contributed by atoms with Crippen molar-refractivity contribution >= 4 is 5.97 Å². The first-order chi connectivity index (χ1) is 24.0. The normalized spacial score (nSPS) is 16.8. The molecule has 0 rings (SSSR count). The Morgan fingerprint density at radius 3 is 0.561 bits per heavy atom. The summed E-state index contributed by atoms with van der Waals surface area (Å²) in [5, 5.41) is 0. The summed E-state index contributed by atoms with van der Waals surface area (Å²) in [4.78, 5) is 10.7. The molecule has 57 heavy (non-hydrogen) atoms. The van der Waals surface area contributed by atoms with Gasteiger partial charge in [-0.15, -0.1) is 0 Å². The molecule has 37 heteroatoms. The van der Waals surface area contributed by atoms with Crippen LogP contribution in [-0.4, -0.2) is 107 Å². The van der Waals surface area contributed by atoms with E-state index < -0.39 is 113 Å². The Hall–Kier alpha value is -3.24. The summed E-state index contributed by atoms with van der Waals surface area (Å²) in [6.45, 7) is 2.04. The van der Waals surface area contributed by atoms with Crippen LogP contribution >= 0.6 is 0 Å². The van der Waals surface area contributed by atoms with Crippen LogP contribution in [0, 0.1) is 0 Å². The highest BCUT2D eigenvalue weighted by molar-refractivity contribution is 5.79. The first kappa shape index (κ1) is 53.8. The van der Waals surface area contributed by atoms with E-state index in [1.807, 2.05) is 6.58 Å². The average Bonchev–Trinajstić information content (AvgIpc) is 2.98. The van der Waals surface area contributed by atoms with Crippen LogP contribution in [0.3, 0.4) is 0 Å². The summed E-state index contributed by atoms with van der Waals surface area (Å²) in [6.07, 6.45) is -9.28. The number of carbonyl (C=O) groups is 1. The fourth-order valence-electron chi connectivity index (χ4n) is 3.22. The molecule has 0 bridgehead atoms. The van der Waals surface area contributed by atoms with Gasteiger partial charge in [0, 0.05) is 0 Å². The number of esters is 1. The molecule has 0 fully saturated rings. The lowest BCUT2D eigenvalue weighted by Crippen LogP contribution is -2.80. The van der Waals surface area contributed by atoms with E-state index in [4.69, 9.17) is 0 Å². The van der Waals surface area contributed by atoms with E-state index in [-0.39, 0.29) is 0 Å². The van der Waals surface area contributed by atoms with Gasteiger partial charge in [0.25, 0.3) is 0 Å². The Balaban J connectivity index is 7.83. The van der Waals surface area contributed by atoms with Gasteiger partial charge in [-0.1, -0.05) is 6.58 Å². The molecule has 0 aliphatic carbocycles. The molecule has 0 aliphatic rings. The molecule has 0 spiro atoms. The maximum absolute atomic E-state index is 13.9. The van der Waals surface area contributed by atoms with Crippen LogP contribution in [-0.2, 0) is 9.53 Å². The van der Waals surface area contributed by atoms with E-state index in [1.54, 1.807) is 0 Å². The summed E-state index contributed by atoms with van der Waals surface area (Å²) >= 11 is 0. The second kappa shape index (κ2) is 13.1. The van der Waals surface area contributed by atoms with Gasteiger partial charge in [-0.2, -0.15) is 154 Å². The molecular weight excluding hydrogens is 937 g/mol. The lowest BCUT2D eigenvalue weighted by Gasteiger charge is -2.47. The minimum absolute atomic E-state index is 0.836. The van der Waals surface area contributed by atoms with Crippen molar-refractivity contribution in [3.05, 3.63) is 12.8 Å². The Morgan fingerprint density at radius 1 is 0.281 bits per heavy atom. The standard InChI is InChI=1S/C20H3F35O2/c1-2-57-3(56)4(21,22)5(23,24)6(25,26)7(27,28)8(29,30)9(31,32)10(33,34)11(35,36)12(37,38)13(39,40)14(41,42)15(43,44)16(45,46)17(47,48)18(49,50)19(51,52)20(53,54)55/h2H,1H2. The molecule has 0 radical (unpaired) electrons. The molecule has 0 aliphatic heterocycles. The minimum atomic E-state index is -10.4. The summed E-state index contributed by atoms with van der Waals surface area (Å²) in [7, 11) is 0. The fraction of sp³-hybridized carbons (Fsp3) is 0.850. The smallest absolute Gasteiger partial charge is 0.431 e. The number of rotatable bonds is 17. The van der Waals surface area contributed by atoms with Gasteiger partial charge in [0.05, 0.1) is 6.26 Å². The second-order valence-electron chi connectivity index (χ2n) is 10.3. The van der Waals surface area contributed by atoms with Crippen molar-refractivity contribution in [1.82, 2.24) is 0 Å². The highest BCUT2D eigenvalue weighted by atomic mass is 19.4. The number of hydrogen-bond donors (Lipinski definition) is 0. The zero-order valence-corrected chi connectivity index (χ0v) is 24.3. The first-order valence-corrected chi connectivity index (χ1v) is 11.9. The third-order valence-electron chi connectivity index (χ3n) is 6.72. The second-order valence-corrected chi connectivity index (χ2v) is 10.3. The van der Waals surface area contributed by atoms with Gasteiger partial charge in [0.2, 0.25) is 0 Å². The van der Waals surface area contributed by atoms with Crippen LogP contribution in [0.15, 0.2) is 12.8 Å². The molecular formula is C20H3F35O2. The number of carbonyl (C=O) groups excluding carboxylic acids is 1. The molecule has 0 aromatic carbocycles.